The number of nitrogens with one attached hydrogen (secondary N) is 1. The molecule has 0 aliphatic carbocycles. The summed E-state index contributed by atoms with van der Waals surface area (Å²) in [7, 11) is 0. The van der Waals surface area contributed by atoms with Gasteiger partial charge in [0.25, 0.3) is 5.91 Å². The van der Waals surface area contributed by atoms with Crippen LogP contribution in [-0.4, -0.2) is 12.5 Å². The molecule has 132 valence electrons. The molecular formula is C22H21NO3. The zero-order valence-electron chi connectivity index (χ0n) is 14.9. The van der Waals surface area contributed by atoms with Gasteiger partial charge in [-0.15, -0.1) is 0 Å². The number of anilines is 1. The van der Waals surface area contributed by atoms with Crippen LogP contribution in [0.3, 0.4) is 0 Å². The molecule has 4 nitrogen and oxygen atoms in total. The van der Waals surface area contributed by atoms with Gasteiger partial charge in [-0.25, -0.2) is 0 Å². The molecule has 1 amide bonds. The monoisotopic (exact) mass is 347 g/mol. The molecule has 3 aromatic rings. The molecule has 0 saturated carbocycles. The van der Waals surface area contributed by atoms with Gasteiger partial charge in [-0.1, -0.05) is 30.3 Å². The molecule has 0 bridgehead atoms. The van der Waals surface area contributed by atoms with Gasteiger partial charge in [-0.3, -0.25) is 4.79 Å². The summed E-state index contributed by atoms with van der Waals surface area (Å²) < 4.78 is 11.3. The molecule has 0 aromatic heterocycles. The molecule has 26 heavy (non-hydrogen) atoms. The van der Waals surface area contributed by atoms with E-state index in [1.165, 1.54) is 5.56 Å². The maximum Gasteiger partial charge on any atom is 0.262 e. The number of carbonyl (C=O) groups excluding carboxylic acids is 1. The standard InChI is InChI=1S/C22H21NO3/c1-16-11-12-18(13-17(16)2)23-22(24)15-25-20-9-6-10-21(14-20)26-19-7-4-3-5-8-19/h3-14H,15H2,1-2H3,(H,23,24). The van der Waals surface area contributed by atoms with Crippen molar-refractivity contribution in [3.8, 4) is 17.2 Å². The first kappa shape index (κ1) is 17.5. The van der Waals surface area contributed by atoms with Crippen molar-refractivity contribution < 1.29 is 14.3 Å². The molecule has 0 fully saturated rings. The summed E-state index contributed by atoms with van der Waals surface area (Å²) in [6.45, 7) is 3.98. The van der Waals surface area contributed by atoms with Crippen LogP contribution in [0.25, 0.3) is 0 Å². The van der Waals surface area contributed by atoms with Gasteiger partial charge in [-0.05, 0) is 61.4 Å². The first-order valence-corrected chi connectivity index (χ1v) is 8.43. The predicted octanol–water partition coefficient (Wildman–Crippen LogP) is 5.11. The number of rotatable bonds is 6. The highest BCUT2D eigenvalue weighted by molar-refractivity contribution is 5.92. The summed E-state index contributed by atoms with van der Waals surface area (Å²) in [6, 6.07) is 22.5. The van der Waals surface area contributed by atoms with E-state index in [9.17, 15) is 4.79 Å². The second-order valence-electron chi connectivity index (χ2n) is 6.03. The van der Waals surface area contributed by atoms with Gasteiger partial charge in [0.05, 0.1) is 0 Å². The van der Waals surface area contributed by atoms with Crippen LogP contribution in [0.15, 0.2) is 72.8 Å². The Hall–Kier alpha value is -3.27. The number of aryl methyl sites for hydroxylation is 2. The van der Waals surface area contributed by atoms with E-state index in [-0.39, 0.29) is 12.5 Å². The molecule has 1 N–H and O–H groups in total. The van der Waals surface area contributed by atoms with Crippen molar-refractivity contribution in [2.75, 3.05) is 11.9 Å². The van der Waals surface area contributed by atoms with E-state index in [1.54, 1.807) is 12.1 Å². The van der Waals surface area contributed by atoms with Gasteiger partial charge in [0.15, 0.2) is 6.61 Å². The highest BCUT2D eigenvalue weighted by Crippen LogP contribution is 2.25. The molecule has 3 aromatic carbocycles. The largest absolute Gasteiger partial charge is 0.484 e. The van der Waals surface area contributed by atoms with Crippen LogP contribution in [0, 0.1) is 13.8 Å². The minimum Gasteiger partial charge on any atom is -0.484 e. The van der Waals surface area contributed by atoms with Gasteiger partial charge >= 0.3 is 0 Å². The van der Waals surface area contributed by atoms with Gasteiger partial charge in [0, 0.05) is 11.8 Å². The fourth-order valence-electron chi connectivity index (χ4n) is 2.42. The van der Waals surface area contributed by atoms with E-state index in [1.807, 2.05) is 74.5 Å². The lowest BCUT2D eigenvalue weighted by Gasteiger charge is -2.10. The van der Waals surface area contributed by atoms with E-state index < -0.39 is 0 Å². The molecule has 3 rings (SSSR count). The second kappa shape index (κ2) is 8.21. The summed E-state index contributed by atoms with van der Waals surface area (Å²) in [5, 5.41) is 2.84. The zero-order valence-corrected chi connectivity index (χ0v) is 14.9. The Morgan fingerprint density at radius 3 is 2.31 bits per heavy atom. The lowest BCUT2D eigenvalue weighted by Crippen LogP contribution is -2.20. The van der Waals surface area contributed by atoms with Crippen molar-refractivity contribution >= 4 is 11.6 Å². The fraction of sp³-hybridized carbons (Fsp3) is 0.136. The van der Waals surface area contributed by atoms with E-state index in [4.69, 9.17) is 9.47 Å². The van der Waals surface area contributed by atoms with Crippen LogP contribution in [0.2, 0.25) is 0 Å². The first-order chi connectivity index (χ1) is 12.6. The molecule has 4 heteroatoms. The van der Waals surface area contributed by atoms with Crippen molar-refractivity contribution in [1.82, 2.24) is 0 Å². The van der Waals surface area contributed by atoms with Crippen molar-refractivity contribution in [2.45, 2.75) is 13.8 Å². The summed E-state index contributed by atoms with van der Waals surface area (Å²) >= 11 is 0. The van der Waals surface area contributed by atoms with Gasteiger partial charge in [0.1, 0.15) is 17.2 Å². The van der Waals surface area contributed by atoms with Crippen LogP contribution >= 0.6 is 0 Å². The molecular weight excluding hydrogens is 326 g/mol. The molecule has 0 atom stereocenters. The lowest BCUT2D eigenvalue weighted by molar-refractivity contribution is -0.118. The molecule has 0 aliphatic heterocycles. The highest BCUT2D eigenvalue weighted by Gasteiger charge is 2.06. The average Bonchev–Trinajstić information content (AvgIpc) is 2.64. The summed E-state index contributed by atoms with van der Waals surface area (Å²) in [4.78, 5) is 12.1. The number of benzene rings is 3. The van der Waals surface area contributed by atoms with Gasteiger partial charge < -0.3 is 14.8 Å². The number of amides is 1. The Kier molecular flexibility index (Phi) is 5.54. The number of ether oxygens (including phenoxy) is 2. The Morgan fingerprint density at radius 2 is 1.54 bits per heavy atom. The maximum absolute atomic E-state index is 12.1. The third-order valence-corrected chi connectivity index (χ3v) is 3.95. The van der Waals surface area contributed by atoms with E-state index >= 15 is 0 Å². The van der Waals surface area contributed by atoms with Crippen LogP contribution < -0.4 is 14.8 Å². The van der Waals surface area contributed by atoms with Crippen LogP contribution in [0.4, 0.5) is 5.69 Å². The van der Waals surface area contributed by atoms with Crippen molar-refractivity contribution in [2.24, 2.45) is 0 Å². The molecule has 0 aliphatic rings. The van der Waals surface area contributed by atoms with Crippen molar-refractivity contribution in [1.29, 1.82) is 0 Å². The quantitative estimate of drug-likeness (QED) is 0.674. The molecule has 0 radical (unpaired) electrons. The van der Waals surface area contributed by atoms with Gasteiger partial charge in [-0.2, -0.15) is 0 Å². The Labute approximate surface area is 153 Å². The molecule has 0 heterocycles. The van der Waals surface area contributed by atoms with Gasteiger partial charge in [0.2, 0.25) is 0 Å². The number of carbonyl (C=O) groups is 1. The number of hydrogen-bond donors (Lipinski definition) is 1. The third-order valence-electron chi connectivity index (χ3n) is 3.95. The summed E-state index contributed by atoms with van der Waals surface area (Å²) in [5.41, 5.74) is 3.09. The number of hydrogen-bond acceptors (Lipinski definition) is 3. The van der Waals surface area contributed by atoms with E-state index in [0.717, 1.165) is 17.0 Å². The molecule has 0 unspecified atom stereocenters. The minimum absolute atomic E-state index is 0.0677. The van der Waals surface area contributed by atoms with Crippen LogP contribution in [0.1, 0.15) is 11.1 Å². The van der Waals surface area contributed by atoms with Crippen LogP contribution in [0.5, 0.6) is 17.2 Å². The van der Waals surface area contributed by atoms with Crippen molar-refractivity contribution in [3.05, 3.63) is 83.9 Å². The highest BCUT2D eigenvalue weighted by atomic mass is 16.5. The molecule has 0 spiro atoms. The Morgan fingerprint density at radius 1 is 0.808 bits per heavy atom. The smallest absolute Gasteiger partial charge is 0.262 e. The predicted molar refractivity (Wildman–Crippen MR) is 103 cm³/mol. The van der Waals surface area contributed by atoms with Crippen molar-refractivity contribution in [3.63, 3.8) is 0 Å². The fourth-order valence-corrected chi connectivity index (χ4v) is 2.42. The molecule has 0 saturated heterocycles. The Bertz CT molecular complexity index is 891. The lowest BCUT2D eigenvalue weighted by atomic mass is 10.1. The normalized spacial score (nSPS) is 10.2. The SMILES string of the molecule is Cc1ccc(NC(=O)COc2cccc(Oc3ccccc3)c2)cc1C. The second-order valence-corrected chi connectivity index (χ2v) is 6.03. The Balaban J connectivity index is 1.56. The minimum atomic E-state index is -0.206. The maximum atomic E-state index is 12.1. The van der Waals surface area contributed by atoms with E-state index in [0.29, 0.717) is 11.5 Å². The summed E-state index contributed by atoms with van der Waals surface area (Å²) in [6.07, 6.45) is 0. The average molecular weight is 347 g/mol. The first-order valence-electron chi connectivity index (χ1n) is 8.43. The zero-order chi connectivity index (χ0) is 18.4. The number of para-hydroxylation sites is 1. The summed E-state index contributed by atoms with van der Waals surface area (Å²) in [5.74, 6) is 1.77. The van der Waals surface area contributed by atoms with E-state index in [2.05, 4.69) is 5.32 Å². The topological polar surface area (TPSA) is 47.6 Å². The van der Waals surface area contributed by atoms with Crippen LogP contribution in [-0.2, 0) is 4.79 Å². The third kappa shape index (κ3) is 4.86.